The number of pyridine rings is 1. The lowest BCUT2D eigenvalue weighted by Gasteiger charge is -2.04. The molecule has 2 rings (SSSR count). The largest absolute Gasteiger partial charge is 0.480 e. The molecule has 8 nitrogen and oxygen atoms in total. The predicted molar refractivity (Wildman–Crippen MR) is 77.2 cm³/mol. The highest BCUT2D eigenvalue weighted by Gasteiger charge is 2.15. The monoisotopic (exact) mass is 306 g/mol. The number of aromatic nitrogens is 4. The number of carboxylic acids is 1. The van der Waals surface area contributed by atoms with E-state index in [1.165, 1.54) is 4.68 Å². The normalized spacial score (nSPS) is 10.8. The van der Waals surface area contributed by atoms with E-state index in [0.717, 1.165) is 5.69 Å². The van der Waals surface area contributed by atoms with E-state index in [1.807, 2.05) is 12.1 Å². The standard InChI is InChI=1S/C14H18N4O4/c1-21-7-6-12-16-14(18(17-12)8-13(19)20)11-5-3-4-10(15-11)9-22-2/h3-5H,6-9H2,1-2H3,(H,19,20). The summed E-state index contributed by atoms with van der Waals surface area (Å²) in [4.78, 5) is 19.8. The molecule has 8 heteroatoms. The highest BCUT2D eigenvalue weighted by molar-refractivity contribution is 5.67. The molecule has 1 N–H and O–H groups in total. The summed E-state index contributed by atoms with van der Waals surface area (Å²) in [6.45, 7) is 0.566. The Morgan fingerprint density at radius 1 is 1.27 bits per heavy atom. The van der Waals surface area contributed by atoms with E-state index in [9.17, 15) is 4.79 Å². The average molecular weight is 306 g/mol. The lowest BCUT2D eigenvalue weighted by molar-refractivity contribution is -0.137. The zero-order valence-electron chi connectivity index (χ0n) is 12.5. The topological polar surface area (TPSA) is 99.4 Å². The van der Waals surface area contributed by atoms with Crippen molar-refractivity contribution in [3.63, 3.8) is 0 Å². The van der Waals surface area contributed by atoms with Gasteiger partial charge in [-0.3, -0.25) is 4.79 Å². The number of carboxylic acid groups (broad SMARTS) is 1. The van der Waals surface area contributed by atoms with Gasteiger partial charge in [0.25, 0.3) is 0 Å². The Labute approximate surface area is 127 Å². The Morgan fingerprint density at radius 3 is 2.77 bits per heavy atom. The number of nitrogens with zero attached hydrogens (tertiary/aromatic N) is 4. The van der Waals surface area contributed by atoms with E-state index < -0.39 is 5.97 Å². The predicted octanol–water partition coefficient (Wildman–Crippen LogP) is 0.760. The van der Waals surface area contributed by atoms with E-state index in [-0.39, 0.29) is 6.54 Å². The maximum atomic E-state index is 11.0. The van der Waals surface area contributed by atoms with Crippen molar-refractivity contribution >= 4 is 5.97 Å². The molecular weight excluding hydrogens is 288 g/mol. The molecule has 0 saturated carbocycles. The number of hydrogen-bond acceptors (Lipinski definition) is 6. The van der Waals surface area contributed by atoms with Gasteiger partial charge in [-0.15, -0.1) is 0 Å². The maximum absolute atomic E-state index is 11.0. The molecule has 0 aliphatic rings. The van der Waals surface area contributed by atoms with Crippen molar-refractivity contribution in [2.45, 2.75) is 19.6 Å². The molecule has 2 heterocycles. The van der Waals surface area contributed by atoms with Gasteiger partial charge in [0.2, 0.25) is 0 Å². The first-order valence-electron chi connectivity index (χ1n) is 6.73. The van der Waals surface area contributed by atoms with Crippen molar-refractivity contribution in [3.8, 4) is 11.5 Å². The van der Waals surface area contributed by atoms with E-state index in [1.54, 1.807) is 20.3 Å². The molecule has 0 aliphatic heterocycles. The van der Waals surface area contributed by atoms with Crippen LogP contribution < -0.4 is 0 Å². The minimum Gasteiger partial charge on any atom is -0.480 e. The van der Waals surface area contributed by atoms with Gasteiger partial charge in [0.05, 0.1) is 18.9 Å². The molecule has 0 atom stereocenters. The summed E-state index contributed by atoms with van der Waals surface area (Å²) in [6.07, 6.45) is 0.508. The van der Waals surface area contributed by atoms with Gasteiger partial charge in [-0.25, -0.2) is 14.6 Å². The fourth-order valence-corrected chi connectivity index (χ4v) is 1.95. The van der Waals surface area contributed by atoms with E-state index in [0.29, 0.717) is 37.0 Å². The second kappa shape index (κ2) is 7.62. The Bertz CT molecular complexity index is 642. The zero-order chi connectivity index (χ0) is 15.9. The number of rotatable bonds is 8. The third-order valence-corrected chi connectivity index (χ3v) is 2.86. The molecule has 118 valence electrons. The lowest BCUT2D eigenvalue weighted by atomic mass is 10.3. The summed E-state index contributed by atoms with van der Waals surface area (Å²) in [6, 6.07) is 5.42. The molecule has 0 spiro atoms. The van der Waals surface area contributed by atoms with E-state index in [4.69, 9.17) is 14.6 Å². The summed E-state index contributed by atoms with van der Waals surface area (Å²) in [5.41, 5.74) is 1.30. The third-order valence-electron chi connectivity index (χ3n) is 2.86. The van der Waals surface area contributed by atoms with Crippen LogP contribution in [0.2, 0.25) is 0 Å². The fourth-order valence-electron chi connectivity index (χ4n) is 1.95. The van der Waals surface area contributed by atoms with Crippen LogP contribution in [0.25, 0.3) is 11.5 Å². The second-order valence-electron chi connectivity index (χ2n) is 4.59. The van der Waals surface area contributed by atoms with Gasteiger partial charge in [-0.1, -0.05) is 6.07 Å². The molecule has 0 bridgehead atoms. The summed E-state index contributed by atoms with van der Waals surface area (Å²) in [5, 5.41) is 13.2. The van der Waals surface area contributed by atoms with Crippen LogP contribution in [0.3, 0.4) is 0 Å². The molecule has 0 fully saturated rings. The molecule has 0 aromatic carbocycles. The zero-order valence-corrected chi connectivity index (χ0v) is 12.5. The number of ether oxygens (including phenoxy) is 2. The molecule has 2 aromatic heterocycles. The van der Waals surface area contributed by atoms with Crippen LogP contribution in [0.4, 0.5) is 0 Å². The van der Waals surface area contributed by atoms with Crippen LogP contribution in [0.5, 0.6) is 0 Å². The molecule has 0 saturated heterocycles. The Kier molecular flexibility index (Phi) is 5.56. The highest BCUT2D eigenvalue weighted by atomic mass is 16.5. The van der Waals surface area contributed by atoms with Crippen molar-refractivity contribution in [3.05, 3.63) is 29.7 Å². The van der Waals surface area contributed by atoms with Crippen molar-refractivity contribution in [2.75, 3.05) is 20.8 Å². The minimum atomic E-state index is -0.988. The summed E-state index contributed by atoms with van der Waals surface area (Å²) in [5.74, 6) is -0.0408. The van der Waals surface area contributed by atoms with Crippen LogP contribution >= 0.6 is 0 Å². The quantitative estimate of drug-likeness (QED) is 0.768. The van der Waals surface area contributed by atoms with Gasteiger partial charge < -0.3 is 14.6 Å². The molecule has 0 radical (unpaired) electrons. The van der Waals surface area contributed by atoms with E-state index >= 15 is 0 Å². The van der Waals surface area contributed by atoms with Gasteiger partial charge >= 0.3 is 5.97 Å². The first kappa shape index (κ1) is 16.1. The molecule has 22 heavy (non-hydrogen) atoms. The summed E-state index contributed by atoms with van der Waals surface area (Å²) < 4.78 is 11.4. The van der Waals surface area contributed by atoms with Crippen molar-refractivity contribution < 1.29 is 19.4 Å². The number of methoxy groups -OCH3 is 2. The molecular formula is C14H18N4O4. The van der Waals surface area contributed by atoms with Crippen LogP contribution in [0.15, 0.2) is 18.2 Å². The summed E-state index contributed by atoms with van der Waals surface area (Å²) in [7, 11) is 3.18. The molecule has 0 amide bonds. The fraction of sp³-hybridized carbons (Fsp3) is 0.429. The number of carbonyl (C=O) groups is 1. The second-order valence-corrected chi connectivity index (χ2v) is 4.59. The van der Waals surface area contributed by atoms with Gasteiger partial charge in [0.1, 0.15) is 12.2 Å². The SMILES string of the molecule is COCCc1nc(-c2cccc(COC)n2)n(CC(=O)O)n1. The third kappa shape index (κ3) is 4.09. The number of aliphatic carboxylic acids is 1. The van der Waals surface area contributed by atoms with Gasteiger partial charge in [0, 0.05) is 20.6 Å². The van der Waals surface area contributed by atoms with Crippen molar-refractivity contribution in [2.24, 2.45) is 0 Å². The van der Waals surface area contributed by atoms with Gasteiger partial charge in [-0.2, -0.15) is 5.10 Å². The van der Waals surface area contributed by atoms with Gasteiger partial charge in [0.15, 0.2) is 11.6 Å². The van der Waals surface area contributed by atoms with Crippen LogP contribution in [0.1, 0.15) is 11.5 Å². The van der Waals surface area contributed by atoms with Crippen LogP contribution in [-0.4, -0.2) is 51.7 Å². The molecule has 2 aromatic rings. The van der Waals surface area contributed by atoms with Crippen molar-refractivity contribution in [1.82, 2.24) is 19.7 Å². The number of hydrogen-bond donors (Lipinski definition) is 1. The molecule has 0 unspecified atom stereocenters. The van der Waals surface area contributed by atoms with Crippen LogP contribution in [-0.2, 0) is 33.8 Å². The van der Waals surface area contributed by atoms with Crippen molar-refractivity contribution in [1.29, 1.82) is 0 Å². The molecule has 0 aliphatic carbocycles. The smallest absolute Gasteiger partial charge is 0.325 e. The maximum Gasteiger partial charge on any atom is 0.325 e. The van der Waals surface area contributed by atoms with E-state index in [2.05, 4.69) is 15.1 Å². The summed E-state index contributed by atoms with van der Waals surface area (Å²) >= 11 is 0. The highest BCUT2D eigenvalue weighted by Crippen LogP contribution is 2.16. The first-order chi connectivity index (χ1) is 10.6. The minimum absolute atomic E-state index is 0.272. The first-order valence-corrected chi connectivity index (χ1v) is 6.73. The Balaban J connectivity index is 2.36. The Hall–Kier alpha value is -2.32. The van der Waals surface area contributed by atoms with Gasteiger partial charge in [-0.05, 0) is 12.1 Å². The average Bonchev–Trinajstić information content (AvgIpc) is 2.88. The lowest BCUT2D eigenvalue weighted by Crippen LogP contribution is -2.12. The Morgan fingerprint density at radius 2 is 2.09 bits per heavy atom. The van der Waals surface area contributed by atoms with Crippen LogP contribution in [0, 0.1) is 0 Å².